The van der Waals surface area contributed by atoms with Crippen LogP contribution in [0.1, 0.15) is 35.3 Å². The maximum Gasteiger partial charge on any atom is 0.258 e. The number of carbonyl (C=O) groups is 2. The number of benzene rings is 3. The van der Waals surface area contributed by atoms with Crippen LogP contribution in [0, 0.1) is 6.92 Å². The first-order valence-corrected chi connectivity index (χ1v) is 10.9. The van der Waals surface area contributed by atoms with Crippen molar-refractivity contribution in [3.63, 3.8) is 0 Å². The summed E-state index contributed by atoms with van der Waals surface area (Å²) in [6.07, 6.45) is 0. The molecule has 0 aliphatic carbocycles. The Hall–Kier alpha value is -3.80. The molecule has 0 saturated heterocycles. The molecule has 33 heavy (non-hydrogen) atoms. The van der Waals surface area contributed by atoms with E-state index in [-0.39, 0.29) is 24.5 Å². The highest BCUT2D eigenvalue weighted by molar-refractivity contribution is 5.94. The van der Waals surface area contributed by atoms with Gasteiger partial charge in [-0.3, -0.25) is 9.59 Å². The van der Waals surface area contributed by atoms with Gasteiger partial charge in [0.25, 0.3) is 11.8 Å². The minimum Gasteiger partial charge on any atom is -0.493 e. The molecule has 0 aliphatic heterocycles. The van der Waals surface area contributed by atoms with Crippen LogP contribution in [0.3, 0.4) is 0 Å². The number of aryl methyl sites for hydroxylation is 1. The van der Waals surface area contributed by atoms with E-state index in [0.29, 0.717) is 23.6 Å². The van der Waals surface area contributed by atoms with Gasteiger partial charge in [-0.1, -0.05) is 48.0 Å². The number of nitrogens with one attached hydrogen (secondary N) is 2. The Morgan fingerprint density at radius 2 is 1.64 bits per heavy atom. The molecular formula is C27H30N2O4. The van der Waals surface area contributed by atoms with E-state index in [2.05, 4.69) is 47.9 Å². The number of ether oxygens (including phenoxy) is 2. The molecule has 0 aromatic heterocycles. The second-order valence-corrected chi connectivity index (χ2v) is 8.13. The van der Waals surface area contributed by atoms with E-state index < -0.39 is 0 Å². The topological polar surface area (TPSA) is 76.7 Å². The van der Waals surface area contributed by atoms with E-state index in [4.69, 9.17) is 9.47 Å². The van der Waals surface area contributed by atoms with E-state index in [0.717, 1.165) is 16.7 Å². The third-order valence-corrected chi connectivity index (χ3v) is 4.97. The highest BCUT2D eigenvalue weighted by Crippen LogP contribution is 2.28. The lowest BCUT2D eigenvalue weighted by Gasteiger charge is -2.13. The van der Waals surface area contributed by atoms with Gasteiger partial charge in [-0.25, -0.2) is 0 Å². The number of hydrogen-bond donors (Lipinski definition) is 2. The molecule has 0 bridgehead atoms. The van der Waals surface area contributed by atoms with Crippen LogP contribution in [0.15, 0.2) is 66.7 Å². The van der Waals surface area contributed by atoms with E-state index in [9.17, 15) is 9.59 Å². The summed E-state index contributed by atoms with van der Waals surface area (Å²) in [7, 11) is 1.49. The number of methoxy groups -OCH3 is 1. The van der Waals surface area contributed by atoms with Gasteiger partial charge in [0, 0.05) is 18.2 Å². The highest BCUT2D eigenvalue weighted by atomic mass is 16.5. The van der Waals surface area contributed by atoms with E-state index in [1.165, 1.54) is 12.7 Å². The molecule has 0 atom stereocenters. The van der Waals surface area contributed by atoms with Crippen molar-refractivity contribution < 1.29 is 19.1 Å². The summed E-state index contributed by atoms with van der Waals surface area (Å²) in [5.74, 6) is 0.348. The Morgan fingerprint density at radius 1 is 0.909 bits per heavy atom. The highest BCUT2D eigenvalue weighted by Gasteiger charge is 2.13. The number of amides is 2. The van der Waals surface area contributed by atoms with Gasteiger partial charge in [0.1, 0.15) is 0 Å². The molecule has 6 heteroatoms. The van der Waals surface area contributed by atoms with Crippen molar-refractivity contribution in [3.05, 3.63) is 83.4 Å². The Balaban J connectivity index is 1.63. The summed E-state index contributed by atoms with van der Waals surface area (Å²) >= 11 is 0. The van der Waals surface area contributed by atoms with Crippen molar-refractivity contribution in [1.82, 2.24) is 10.6 Å². The van der Waals surface area contributed by atoms with Crippen molar-refractivity contribution in [2.75, 3.05) is 13.7 Å². The van der Waals surface area contributed by atoms with Gasteiger partial charge in [-0.05, 0) is 61.7 Å². The van der Waals surface area contributed by atoms with Crippen LogP contribution in [0.2, 0.25) is 0 Å². The average molecular weight is 447 g/mol. The van der Waals surface area contributed by atoms with Crippen LogP contribution in [-0.2, 0) is 11.3 Å². The zero-order valence-electron chi connectivity index (χ0n) is 19.5. The summed E-state index contributed by atoms with van der Waals surface area (Å²) in [4.78, 5) is 24.5. The molecule has 3 rings (SSSR count). The maximum absolute atomic E-state index is 12.7. The molecule has 3 aromatic rings. The number of rotatable bonds is 9. The van der Waals surface area contributed by atoms with Crippen molar-refractivity contribution in [1.29, 1.82) is 0 Å². The fourth-order valence-corrected chi connectivity index (χ4v) is 3.40. The largest absolute Gasteiger partial charge is 0.493 e. The van der Waals surface area contributed by atoms with Gasteiger partial charge in [0.2, 0.25) is 0 Å². The van der Waals surface area contributed by atoms with Gasteiger partial charge in [-0.15, -0.1) is 0 Å². The maximum atomic E-state index is 12.7. The normalized spacial score (nSPS) is 10.6. The minimum absolute atomic E-state index is 0.0339. The van der Waals surface area contributed by atoms with Crippen LogP contribution in [0.5, 0.6) is 11.5 Å². The van der Waals surface area contributed by atoms with Crippen LogP contribution in [0.25, 0.3) is 11.1 Å². The third kappa shape index (κ3) is 6.84. The first-order chi connectivity index (χ1) is 15.9. The molecule has 2 amide bonds. The van der Waals surface area contributed by atoms with Gasteiger partial charge >= 0.3 is 0 Å². The second-order valence-electron chi connectivity index (χ2n) is 8.13. The van der Waals surface area contributed by atoms with Crippen LogP contribution in [0.4, 0.5) is 0 Å². The average Bonchev–Trinajstić information content (AvgIpc) is 2.81. The van der Waals surface area contributed by atoms with Gasteiger partial charge in [0.05, 0.1) is 7.11 Å². The van der Waals surface area contributed by atoms with Crippen LogP contribution in [-0.4, -0.2) is 31.6 Å². The molecule has 3 aromatic carbocycles. The first kappa shape index (κ1) is 23.9. The van der Waals surface area contributed by atoms with E-state index in [1.807, 2.05) is 32.0 Å². The standard InChI is InChI=1S/C27H30N2O4/c1-18(2)29-26(30)17-33-24-12-11-23(15-25(24)32-4)27(31)28-16-20-8-6-10-22(14-20)21-9-5-7-19(3)13-21/h5-15,18H,16-17H2,1-4H3,(H,28,31)(H,29,30). The van der Waals surface area contributed by atoms with E-state index >= 15 is 0 Å². The zero-order chi connectivity index (χ0) is 23.8. The quantitative estimate of drug-likeness (QED) is 0.507. The molecule has 0 spiro atoms. The fraction of sp³-hybridized carbons (Fsp3) is 0.259. The molecule has 0 fully saturated rings. The summed E-state index contributed by atoms with van der Waals surface area (Å²) in [5, 5.41) is 5.71. The summed E-state index contributed by atoms with van der Waals surface area (Å²) in [6.45, 7) is 6.10. The molecule has 172 valence electrons. The summed E-state index contributed by atoms with van der Waals surface area (Å²) in [5.41, 5.74) is 4.90. The molecular weight excluding hydrogens is 416 g/mol. The molecule has 0 aliphatic rings. The molecule has 0 saturated carbocycles. The molecule has 2 N–H and O–H groups in total. The number of hydrogen-bond acceptors (Lipinski definition) is 4. The second kappa shape index (κ2) is 11.2. The monoisotopic (exact) mass is 446 g/mol. The SMILES string of the molecule is COc1cc(C(=O)NCc2cccc(-c3cccc(C)c3)c2)ccc1OCC(=O)NC(C)C. The van der Waals surface area contributed by atoms with Crippen molar-refractivity contribution in [2.24, 2.45) is 0 Å². The Morgan fingerprint density at radius 3 is 2.33 bits per heavy atom. The molecule has 0 heterocycles. The van der Waals surface area contributed by atoms with Gasteiger partial charge in [0.15, 0.2) is 18.1 Å². The predicted molar refractivity (Wildman–Crippen MR) is 130 cm³/mol. The number of carbonyl (C=O) groups excluding carboxylic acids is 2. The molecule has 6 nitrogen and oxygen atoms in total. The van der Waals surface area contributed by atoms with E-state index in [1.54, 1.807) is 18.2 Å². The lowest BCUT2D eigenvalue weighted by atomic mass is 10.0. The third-order valence-electron chi connectivity index (χ3n) is 4.97. The van der Waals surface area contributed by atoms with Crippen molar-refractivity contribution in [2.45, 2.75) is 33.4 Å². The zero-order valence-corrected chi connectivity index (χ0v) is 19.5. The van der Waals surface area contributed by atoms with Crippen LogP contribution < -0.4 is 20.1 Å². The van der Waals surface area contributed by atoms with Gasteiger partial charge < -0.3 is 20.1 Å². The Kier molecular flexibility index (Phi) is 8.08. The lowest BCUT2D eigenvalue weighted by Crippen LogP contribution is -2.34. The Bertz CT molecular complexity index is 1120. The van der Waals surface area contributed by atoms with Crippen molar-refractivity contribution >= 4 is 11.8 Å². The smallest absolute Gasteiger partial charge is 0.258 e. The lowest BCUT2D eigenvalue weighted by molar-refractivity contribution is -0.123. The summed E-state index contributed by atoms with van der Waals surface area (Å²) in [6, 6.07) is 21.4. The first-order valence-electron chi connectivity index (χ1n) is 10.9. The Labute approximate surface area is 194 Å². The fourth-order valence-electron chi connectivity index (χ4n) is 3.40. The minimum atomic E-state index is -0.224. The molecule has 0 unspecified atom stereocenters. The van der Waals surface area contributed by atoms with Crippen LogP contribution >= 0.6 is 0 Å². The summed E-state index contributed by atoms with van der Waals surface area (Å²) < 4.78 is 10.9. The van der Waals surface area contributed by atoms with Crippen molar-refractivity contribution in [3.8, 4) is 22.6 Å². The molecule has 0 radical (unpaired) electrons. The predicted octanol–water partition coefficient (Wildman–Crippen LogP) is 4.50. The van der Waals surface area contributed by atoms with Gasteiger partial charge in [-0.2, -0.15) is 0 Å².